The summed E-state index contributed by atoms with van der Waals surface area (Å²) in [5, 5.41) is 13.9. The third kappa shape index (κ3) is 1.83. The highest BCUT2D eigenvalue weighted by Gasteiger charge is 2.55. The summed E-state index contributed by atoms with van der Waals surface area (Å²) >= 11 is 0. The number of carbonyl (C=O) groups is 2. The van der Waals surface area contributed by atoms with Crippen LogP contribution in [-0.4, -0.2) is 26.6 Å². The molecule has 0 aliphatic heterocycles. The number of carbonyl (C=O) groups excluding carboxylic acids is 1. The van der Waals surface area contributed by atoms with E-state index in [2.05, 4.69) is 9.94 Å². The Balaban J connectivity index is 2.31. The second-order valence-electron chi connectivity index (χ2n) is 7.17. The smallest absolute Gasteiger partial charge is 0.354 e. The van der Waals surface area contributed by atoms with Crippen molar-refractivity contribution >= 4 is 11.8 Å². The van der Waals surface area contributed by atoms with Crippen LogP contribution in [0.1, 0.15) is 48.9 Å². The molecule has 2 aliphatic rings. The van der Waals surface area contributed by atoms with Crippen molar-refractivity contribution in [1.29, 1.82) is 0 Å². The predicted molar refractivity (Wildman–Crippen MR) is 82.8 cm³/mol. The molecule has 1 aromatic rings. The number of hydrogen-bond acceptors (Lipinski definition) is 3. The standard InChI is InChI=1S/C17H19N3O3/c1-16(2)11-7-6-9-12(15(22)23)20(5)19-13(9)17(11,3)8-10(18-4)14(16)21/h8,11H,6-7H2,1-3,5H3,(H,22,23)/t11-,17-/m0/s1. The second kappa shape index (κ2) is 4.54. The maximum atomic E-state index is 12.6. The maximum absolute atomic E-state index is 12.6. The molecule has 0 aromatic carbocycles. The normalized spacial score (nSPS) is 28.4. The summed E-state index contributed by atoms with van der Waals surface area (Å²) in [5.41, 5.74) is 0.481. The monoisotopic (exact) mass is 313 g/mol. The zero-order valence-corrected chi connectivity index (χ0v) is 13.7. The van der Waals surface area contributed by atoms with Crippen molar-refractivity contribution in [3.63, 3.8) is 0 Å². The largest absolute Gasteiger partial charge is 0.477 e. The van der Waals surface area contributed by atoms with Crippen molar-refractivity contribution in [1.82, 2.24) is 9.78 Å². The Bertz CT molecular complexity index is 810. The van der Waals surface area contributed by atoms with Crippen molar-refractivity contribution < 1.29 is 14.7 Å². The Morgan fingerprint density at radius 3 is 2.70 bits per heavy atom. The van der Waals surface area contributed by atoms with Gasteiger partial charge in [0.25, 0.3) is 0 Å². The number of Topliss-reactive ketones (excluding diaryl/α,β-unsaturated/α-hetero) is 1. The summed E-state index contributed by atoms with van der Waals surface area (Å²) in [4.78, 5) is 27.5. The van der Waals surface area contributed by atoms with Crippen LogP contribution in [0.4, 0.5) is 0 Å². The molecule has 120 valence electrons. The van der Waals surface area contributed by atoms with E-state index in [0.29, 0.717) is 18.5 Å². The van der Waals surface area contributed by atoms with Crippen molar-refractivity contribution in [2.24, 2.45) is 18.4 Å². The van der Waals surface area contributed by atoms with Crippen LogP contribution in [0.25, 0.3) is 4.85 Å². The van der Waals surface area contributed by atoms with Gasteiger partial charge in [-0.25, -0.2) is 9.64 Å². The summed E-state index contributed by atoms with van der Waals surface area (Å²) in [6.45, 7) is 13.0. The van der Waals surface area contributed by atoms with Gasteiger partial charge in [0.2, 0.25) is 5.70 Å². The minimum Gasteiger partial charge on any atom is -0.477 e. The zero-order chi connectivity index (χ0) is 17.2. The summed E-state index contributed by atoms with van der Waals surface area (Å²) in [6.07, 6.45) is 2.99. The Labute approximate surface area is 134 Å². The molecule has 6 heteroatoms. The molecule has 1 heterocycles. The quantitative estimate of drug-likeness (QED) is 0.807. The van der Waals surface area contributed by atoms with E-state index in [1.54, 1.807) is 13.1 Å². The number of hydrogen-bond donors (Lipinski definition) is 1. The summed E-state index contributed by atoms with van der Waals surface area (Å²) < 4.78 is 1.40. The molecule has 3 rings (SSSR count). The molecule has 0 radical (unpaired) electrons. The number of aromatic nitrogens is 2. The van der Waals surface area contributed by atoms with Gasteiger partial charge in [-0.1, -0.05) is 26.8 Å². The van der Waals surface area contributed by atoms with E-state index >= 15 is 0 Å². The average molecular weight is 313 g/mol. The van der Waals surface area contributed by atoms with Crippen LogP contribution in [0.3, 0.4) is 0 Å². The molecule has 0 unspecified atom stereocenters. The average Bonchev–Trinajstić information content (AvgIpc) is 2.80. The van der Waals surface area contributed by atoms with Gasteiger partial charge < -0.3 is 9.90 Å². The van der Waals surface area contributed by atoms with Gasteiger partial charge in [0.1, 0.15) is 5.69 Å². The van der Waals surface area contributed by atoms with Gasteiger partial charge in [0, 0.05) is 23.4 Å². The molecule has 1 aromatic heterocycles. The first-order chi connectivity index (χ1) is 10.6. The van der Waals surface area contributed by atoms with E-state index in [1.807, 2.05) is 20.8 Å². The topological polar surface area (TPSA) is 76.6 Å². The SMILES string of the molecule is [C-]#[N+]C1=C[C@]2(C)c3nn(C)c(C(=O)O)c3CC[C@H]2C(C)(C)C1=O. The van der Waals surface area contributed by atoms with Crippen molar-refractivity contribution in [2.45, 2.75) is 39.0 Å². The van der Waals surface area contributed by atoms with Crippen LogP contribution in [0.2, 0.25) is 0 Å². The van der Waals surface area contributed by atoms with Crippen LogP contribution >= 0.6 is 0 Å². The van der Waals surface area contributed by atoms with E-state index in [9.17, 15) is 14.7 Å². The molecule has 2 atom stereocenters. The lowest BCUT2D eigenvalue weighted by atomic mass is 9.53. The Hall–Kier alpha value is -2.42. The van der Waals surface area contributed by atoms with Gasteiger partial charge in [-0.2, -0.15) is 5.10 Å². The number of nitrogens with zero attached hydrogens (tertiary/aromatic N) is 3. The van der Waals surface area contributed by atoms with E-state index in [0.717, 1.165) is 5.56 Å². The Kier molecular flexibility index (Phi) is 3.06. The number of allylic oxidation sites excluding steroid dienone is 2. The molecule has 23 heavy (non-hydrogen) atoms. The molecule has 2 aliphatic carbocycles. The fourth-order valence-electron chi connectivity index (χ4n) is 4.46. The van der Waals surface area contributed by atoms with Gasteiger partial charge in [0.05, 0.1) is 12.3 Å². The molecule has 6 nitrogen and oxygen atoms in total. The number of aromatic carboxylic acids is 1. The molecular weight excluding hydrogens is 294 g/mol. The van der Waals surface area contributed by atoms with Crippen molar-refractivity contribution in [3.05, 3.63) is 40.1 Å². The highest BCUT2D eigenvalue weighted by atomic mass is 16.4. The van der Waals surface area contributed by atoms with Gasteiger partial charge in [-0.3, -0.25) is 4.68 Å². The van der Waals surface area contributed by atoms with Crippen LogP contribution in [0.5, 0.6) is 0 Å². The summed E-state index contributed by atoms with van der Waals surface area (Å²) in [7, 11) is 1.62. The summed E-state index contributed by atoms with van der Waals surface area (Å²) in [5.74, 6) is -1.13. The zero-order valence-electron chi connectivity index (χ0n) is 13.7. The number of aryl methyl sites for hydroxylation is 1. The molecule has 1 N–H and O–H groups in total. The molecule has 0 amide bonds. The van der Waals surface area contributed by atoms with Crippen molar-refractivity contribution in [2.75, 3.05) is 0 Å². The Morgan fingerprint density at radius 1 is 1.48 bits per heavy atom. The Morgan fingerprint density at radius 2 is 2.13 bits per heavy atom. The highest BCUT2D eigenvalue weighted by molar-refractivity contribution is 6.02. The number of ketones is 1. The van der Waals surface area contributed by atoms with E-state index in [4.69, 9.17) is 6.57 Å². The third-order valence-electron chi connectivity index (χ3n) is 5.51. The van der Waals surface area contributed by atoms with Crippen LogP contribution in [0.15, 0.2) is 11.8 Å². The first-order valence-electron chi connectivity index (χ1n) is 7.59. The van der Waals surface area contributed by atoms with Gasteiger partial charge in [-0.05, 0) is 18.8 Å². The van der Waals surface area contributed by atoms with Gasteiger partial charge >= 0.3 is 5.97 Å². The molecule has 0 spiro atoms. The van der Waals surface area contributed by atoms with Crippen LogP contribution < -0.4 is 0 Å². The number of carboxylic acid groups (broad SMARTS) is 1. The van der Waals surface area contributed by atoms with E-state index in [1.165, 1.54) is 4.68 Å². The molecule has 0 saturated heterocycles. The third-order valence-corrected chi connectivity index (χ3v) is 5.51. The molecule has 0 bridgehead atoms. The second-order valence-corrected chi connectivity index (χ2v) is 7.17. The van der Waals surface area contributed by atoms with Crippen LogP contribution in [0, 0.1) is 17.9 Å². The minimum absolute atomic E-state index is 0.00274. The number of carboxylic acids is 1. The van der Waals surface area contributed by atoms with Crippen molar-refractivity contribution in [3.8, 4) is 0 Å². The maximum Gasteiger partial charge on any atom is 0.354 e. The van der Waals surface area contributed by atoms with E-state index in [-0.39, 0.29) is 23.1 Å². The fourth-order valence-corrected chi connectivity index (χ4v) is 4.46. The van der Waals surface area contributed by atoms with Gasteiger partial charge in [-0.15, -0.1) is 0 Å². The predicted octanol–water partition coefficient (Wildman–Crippen LogP) is 2.35. The highest BCUT2D eigenvalue weighted by Crippen LogP contribution is 2.54. The fraction of sp³-hybridized carbons (Fsp3) is 0.529. The first kappa shape index (κ1) is 15.5. The summed E-state index contributed by atoms with van der Waals surface area (Å²) in [6, 6.07) is 0. The molecule has 0 saturated carbocycles. The van der Waals surface area contributed by atoms with Crippen LogP contribution in [-0.2, 0) is 23.7 Å². The van der Waals surface area contributed by atoms with Gasteiger partial charge in [0.15, 0.2) is 5.78 Å². The van der Waals surface area contributed by atoms with E-state index < -0.39 is 16.8 Å². The molecule has 0 fully saturated rings. The number of fused-ring (bicyclic) bond motifs is 3. The lowest BCUT2D eigenvalue weighted by Gasteiger charge is -2.49. The number of rotatable bonds is 1. The lowest BCUT2D eigenvalue weighted by molar-refractivity contribution is -0.128. The minimum atomic E-state index is -0.996. The lowest BCUT2D eigenvalue weighted by Crippen LogP contribution is -2.51. The first-order valence-corrected chi connectivity index (χ1v) is 7.59. The molecular formula is C17H19N3O3.